The highest BCUT2D eigenvalue weighted by molar-refractivity contribution is 7.09. The van der Waals surface area contributed by atoms with Crippen molar-refractivity contribution in [2.24, 2.45) is 5.73 Å². The topological polar surface area (TPSA) is 56.0 Å². The number of ketones is 1. The smallest absolute Gasteiger partial charge is 0.134 e. The third-order valence-electron chi connectivity index (χ3n) is 2.27. The molecule has 4 heteroatoms. The number of thiazole rings is 1. The second-order valence-electron chi connectivity index (χ2n) is 3.36. The second-order valence-corrected chi connectivity index (χ2v) is 4.25. The predicted octanol–water partition coefficient (Wildman–Crippen LogP) is 1.09. The molecule has 0 spiro atoms. The Morgan fingerprint density at radius 3 is 3.00 bits per heavy atom. The molecule has 0 saturated heterocycles. The summed E-state index contributed by atoms with van der Waals surface area (Å²) in [6.07, 6.45) is 2.22. The van der Waals surface area contributed by atoms with Gasteiger partial charge >= 0.3 is 0 Å². The van der Waals surface area contributed by atoms with Gasteiger partial charge < -0.3 is 5.73 Å². The molecule has 0 amide bonds. The Kier molecular flexibility index (Phi) is 2.42. The quantitative estimate of drug-likeness (QED) is 0.787. The van der Waals surface area contributed by atoms with Gasteiger partial charge in [0.2, 0.25) is 0 Å². The largest absolute Gasteiger partial charge is 0.330 e. The average Bonchev–Trinajstić information content (AvgIpc) is 2.48. The molecule has 0 bridgehead atoms. The van der Waals surface area contributed by atoms with Gasteiger partial charge in [-0.05, 0) is 6.54 Å². The van der Waals surface area contributed by atoms with Crippen LogP contribution in [0.15, 0.2) is 5.38 Å². The third kappa shape index (κ3) is 1.78. The molecule has 1 fully saturated rings. The second kappa shape index (κ2) is 3.55. The van der Waals surface area contributed by atoms with Crippen molar-refractivity contribution in [3.05, 3.63) is 16.1 Å². The number of carbonyl (C=O) groups is 1. The fourth-order valence-corrected chi connectivity index (χ4v) is 2.39. The van der Waals surface area contributed by atoms with Gasteiger partial charge in [-0.25, -0.2) is 4.98 Å². The van der Waals surface area contributed by atoms with Gasteiger partial charge in [-0.2, -0.15) is 0 Å². The van der Waals surface area contributed by atoms with Crippen molar-refractivity contribution in [3.63, 3.8) is 0 Å². The van der Waals surface area contributed by atoms with E-state index in [-0.39, 0.29) is 0 Å². The molecule has 1 aliphatic rings. The zero-order valence-electron chi connectivity index (χ0n) is 7.32. The monoisotopic (exact) mass is 196 g/mol. The Balaban J connectivity index is 2.01. The lowest BCUT2D eigenvalue weighted by Gasteiger charge is -2.21. The maximum absolute atomic E-state index is 10.8. The molecule has 0 unspecified atom stereocenters. The minimum absolute atomic E-state index is 0.362. The molecular weight excluding hydrogens is 184 g/mol. The summed E-state index contributed by atoms with van der Waals surface area (Å²) in [5.41, 5.74) is 6.50. The first-order valence-corrected chi connectivity index (χ1v) is 5.33. The van der Waals surface area contributed by atoms with E-state index in [1.807, 2.05) is 5.38 Å². The molecule has 3 nitrogen and oxygen atoms in total. The van der Waals surface area contributed by atoms with E-state index in [1.54, 1.807) is 11.3 Å². The van der Waals surface area contributed by atoms with Crippen LogP contribution in [0.25, 0.3) is 0 Å². The lowest BCUT2D eigenvalue weighted by atomic mass is 9.85. The average molecular weight is 196 g/mol. The Labute approximate surface area is 81.0 Å². The number of hydrogen-bond donors (Lipinski definition) is 1. The third-order valence-corrected chi connectivity index (χ3v) is 3.32. The number of nitrogens with two attached hydrogens (primary N) is 1. The normalized spacial score (nSPS) is 17.5. The molecule has 1 aliphatic carbocycles. The first-order chi connectivity index (χ1) is 6.29. The molecule has 13 heavy (non-hydrogen) atoms. The molecular formula is C9H12N2OS. The fourth-order valence-electron chi connectivity index (χ4n) is 1.44. The SMILES string of the molecule is NCCc1csc(C2CC(=O)C2)n1. The van der Waals surface area contributed by atoms with Crippen LogP contribution in [0, 0.1) is 0 Å². The van der Waals surface area contributed by atoms with Gasteiger partial charge in [-0.3, -0.25) is 4.79 Å². The summed E-state index contributed by atoms with van der Waals surface area (Å²) in [6.45, 7) is 0.646. The van der Waals surface area contributed by atoms with Crippen molar-refractivity contribution in [1.29, 1.82) is 0 Å². The van der Waals surface area contributed by atoms with Gasteiger partial charge in [0.25, 0.3) is 0 Å². The van der Waals surface area contributed by atoms with Crippen LogP contribution in [-0.4, -0.2) is 17.3 Å². The highest BCUT2D eigenvalue weighted by Gasteiger charge is 2.30. The van der Waals surface area contributed by atoms with Crippen LogP contribution in [0.3, 0.4) is 0 Å². The number of aromatic nitrogens is 1. The Hall–Kier alpha value is -0.740. The molecule has 0 aliphatic heterocycles. The highest BCUT2D eigenvalue weighted by Crippen LogP contribution is 2.35. The minimum Gasteiger partial charge on any atom is -0.330 e. The molecule has 1 aromatic rings. The summed E-state index contributed by atoms with van der Waals surface area (Å²) in [5.74, 6) is 0.768. The highest BCUT2D eigenvalue weighted by atomic mass is 32.1. The predicted molar refractivity (Wildman–Crippen MR) is 51.9 cm³/mol. The maximum atomic E-state index is 10.8. The molecule has 0 aromatic carbocycles. The summed E-state index contributed by atoms with van der Waals surface area (Å²) in [7, 11) is 0. The van der Waals surface area contributed by atoms with E-state index >= 15 is 0 Å². The van der Waals surface area contributed by atoms with Crippen molar-refractivity contribution in [2.75, 3.05) is 6.54 Å². The van der Waals surface area contributed by atoms with Crippen LogP contribution >= 0.6 is 11.3 Å². The standard InChI is InChI=1S/C9H12N2OS/c10-2-1-7-5-13-9(11-7)6-3-8(12)4-6/h5-6H,1-4,10H2. The van der Waals surface area contributed by atoms with Crippen molar-refractivity contribution >= 4 is 17.1 Å². The van der Waals surface area contributed by atoms with Crippen molar-refractivity contribution in [3.8, 4) is 0 Å². The van der Waals surface area contributed by atoms with E-state index in [9.17, 15) is 4.79 Å². The van der Waals surface area contributed by atoms with E-state index in [0.717, 1.165) is 17.1 Å². The first kappa shape index (κ1) is 8.84. The Bertz CT molecular complexity index is 313. The van der Waals surface area contributed by atoms with Crippen LogP contribution in [0.4, 0.5) is 0 Å². The van der Waals surface area contributed by atoms with Crippen molar-refractivity contribution in [1.82, 2.24) is 4.98 Å². The van der Waals surface area contributed by atoms with Crippen molar-refractivity contribution < 1.29 is 4.79 Å². The summed E-state index contributed by atoms with van der Waals surface area (Å²) >= 11 is 1.66. The van der Waals surface area contributed by atoms with Crippen LogP contribution in [0.5, 0.6) is 0 Å². The molecule has 0 atom stereocenters. The molecule has 1 aromatic heterocycles. The molecule has 70 valence electrons. The lowest BCUT2D eigenvalue weighted by molar-refractivity contribution is -0.124. The summed E-state index contributed by atoms with van der Waals surface area (Å²) in [4.78, 5) is 15.2. The zero-order chi connectivity index (χ0) is 9.26. The van der Waals surface area contributed by atoms with Gasteiger partial charge in [0.05, 0.1) is 10.7 Å². The first-order valence-electron chi connectivity index (χ1n) is 4.45. The minimum atomic E-state index is 0.362. The van der Waals surface area contributed by atoms with Crippen LogP contribution in [0.1, 0.15) is 29.5 Å². The lowest BCUT2D eigenvalue weighted by Crippen LogP contribution is -2.21. The van der Waals surface area contributed by atoms with Gasteiger partial charge in [0.15, 0.2) is 0 Å². The number of rotatable bonds is 3. The number of carbonyl (C=O) groups excluding carboxylic acids is 1. The molecule has 2 rings (SSSR count). The molecule has 1 saturated carbocycles. The van der Waals surface area contributed by atoms with Crippen LogP contribution in [-0.2, 0) is 11.2 Å². The van der Waals surface area contributed by atoms with Crippen molar-refractivity contribution in [2.45, 2.75) is 25.2 Å². The van der Waals surface area contributed by atoms with E-state index in [2.05, 4.69) is 4.98 Å². The number of Topliss-reactive ketones (excluding diaryl/α,β-unsaturated/α-hetero) is 1. The number of hydrogen-bond acceptors (Lipinski definition) is 4. The summed E-state index contributed by atoms with van der Waals surface area (Å²) < 4.78 is 0. The molecule has 2 N–H and O–H groups in total. The maximum Gasteiger partial charge on any atom is 0.134 e. The van der Waals surface area contributed by atoms with Crippen LogP contribution in [0.2, 0.25) is 0 Å². The van der Waals surface area contributed by atoms with Crippen LogP contribution < -0.4 is 5.73 Å². The summed E-state index contributed by atoms with van der Waals surface area (Å²) in [5, 5.41) is 3.16. The van der Waals surface area contributed by atoms with Gasteiger partial charge in [-0.15, -0.1) is 11.3 Å². The Morgan fingerprint density at radius 2 is 2.38 bits per heavy atom. The van der Waals surface area contributed by atoms with E-state index in [4.69, 9.17) is 5.73 Å². The van der Waals surface area contributed by atoms with Gasteiger partial charge in [-0.1, -0.05) is 0 Å². The fraction of sp³-hybridized carbons (Fsp3) is 0.556. The van der Waals surface area contributed by atoms with Gasteiger partial charge in [0.1, 0.15) is 5.78 Å². The van der Waals surface area contributed by atoms with E-state index < -0.39 is 0 Å². The molecule has 1 heterocycles. The van der Waals surface area contributed by atoms with E-state index in [1.165, 1.54) is 0 Å². The van der Waals surface area contributed by atoms with E-state index in [0.29, 0.717) is 31.1 Å². The number of nitrogens with zero attached hydrogens (tertiary/aromatic N) is 1. The van der Waals surface area contributed by atoms with Gasteiger partial charge in [0, 0.05) is 30.6 Å². The molecule has 0 radical (unpaired) electrons. The summed E-state index contributed by atoms with van der Waals surface area (Å²) in [6, 6.07) is 0. The Morgan fingerprint density at radius 1 is 1.62 bits per heavy atom. The zero-order valence-corrected chi connectivity index (χ0v) is 8.14.